The predicted octanol–water partition coefficient (Wildman–Crippen LogP) is 4.53. The average molecular weight is 282 g/mol. The van der Waals surface area contributed by atoms with Crippen molar-refractivity contribution in [2.45, 2.75) is 19.8 Å². The average Bonchev–Trinajstić information content (AvgIpc) is 2.67. The maximum atomic E-state index is 4.39. The fraction of sp³-hybridized carbons (Fsp3) is 0.250. The molecule has 0 N–H and O–H groups in total. The van der Waals surface area contributed by atoms with E-state index < -0.39 is 0 Å². The van der Waals surface area contributed by atoms with Crippen molar-refractivity contribution >= 4 is 27.3 Å². The lowest BCUT2D eigenvalue weighted by molar-refractivity contribution is 0.922. The quantitative estimate of drug-likeness (QED) is 0.806. The molecule has 0 atom stereocenters. The molecule has 15 heavy (non-hydrogen) atoms. The first-order valence-corrected chi connectivity index (χ1v) is 6.67. The molecule has 3 heteroatoms. The second kappa shape index (κ2) is 4.90. The third kappa shape index (κ3) is 2.67. The number of rotatable bonds is 3. The largest absolute Gasteiger partial charge is 0.229 e. The monoisotopic (exact) mass is 281 g/mol. The SMILES string of the molecule is CCCc1ccc(-c2csc(Br)n2)cc1. The van der Waals surface area contributed by atoms with E-state index in [4.69, 9.17) is 0 Å². The molecular weight excluding hydrogens is 270 g/mol. The van der Waals surface area contributed by atoms with Crippen LogP contribution in [0.3, 0.4) is 0 Å². The van der Waals surface area contributed by atoms with Gasteiger partial charge in [0.25, 0.3) is 0 Å². The van der Waals surface area contributed by atoms with Gasteiger partial charge in [0.2, 0.25) is 0 Å². The highest BCUT2D eigenvalue weighted by atomic mass is 79.9. The standard InChI is InChI=1S/C12H12BrNS/c1-2-3-9-4-6-10(7-5-9)11-8-15-12(13)14-11/h4-8H,2-3H2,1H3. The van der Waals surface area contributed by atoms with Gasteiger partial charge in [-0.25, -0.2) is 4.98 Å². The smallest absolute Gasteiger partial charge is 0.159 e. The molecule has 1 aromatic carbocycles. The van der Waals surface area contributed by atoms with Crippen molar-refractivity contribution in [2.24, 2.45) is 0 Å². The van der Waals surface area contributed by atoms with Crippen LogP contribution < -0.4 is 0 Å². The Hall–Kier alpha value is -0.670. The Labute approximate surface area is 102 Å². The summed E-state index contributed by atoms with van der Waals surface area (Å²) >= 11 is 5.00. The lowest BCUT2D eigenvalue weighted by Crippen LogP contribution is -1.83. The highest BCUT2D eigenvalue weighted by Crippen LogP contribution is 2.25. The summed E-state index contributed by atoms with van der Waals surface area (Å²) in [4.78, 5) is 4.39. The second-order valence-electron chi connectivity index (χ2n) is 3.43. The Balaban J connectivity index is 2.23. The molecule has 0 saturated heterocycles. The summed E-state index contributed by atoms with van der Waals surface area (Å²) in [6.07, 6.45) is 2.35. The van der Waals surface area contributed by atoms with Gasteiger partial charge in [0.15, 0.2) is 3.92 Å². The van der Waals surface area contributed by atoms with Crippen molar-refractivity contribution in [3.05, 3.63) is 39.1 Å². The normalized spacial score (nSPS) is 10.5. The molecule has 0 amide bonds. The first-order valence-electron chi connectivity index (χ1n) is 5.00. The molecule has 0 unspecified atom stereocenters. The highest BCUT2D eigenvalue weighted by molar-refractivity contribution is 9.11. The zero-order chi connectivity index (χ0) is 10.7. The molecule has 0 spiro atoms. The van der Waals surface area contributed by atoms with E-state index >= 15 is 0 Å². The zero-order valence-electron chi connectivity index (χ0n) is 8.53. The highest BCUT2D eigenvalue weighted by Gasteiger charge is 2.02. The minimum absolute atomic E-state index is 0.940. The van der Waals surface area contributed by atoms with E-state index in [-0.39, 0.29) is 0 Å². The predicted molar refractivity (Wildman–Crippen MR) is 69.2 cm³/mol. The first-order chi connectivity index (χ1) is 7.29. The Bertz CT molecular complexity index is 433. The fourth-order valence-electron chi connectivity index (χ4n) is 1.52. The van der Waals surface area contributed by atoms with Gasteiger partial charge >= 0.3 is 0 Å². The van der Waals surface area contributed by atoms with E-state index in [0.29, 0.717) is 0 Å². The summed E-state index contributed by atoms with van der Waals surface area (Å²) < 4.78 is 0.940. The van der Waals surface area contributed by atoms with E-state index in [9.17, 15) is 0 Å². The lowest BCUT2D eigenvalue weighted by atomic mass is 10.1. The van der Waals surface area contributed by atoms with Crippen LogP contribution in [-0.4, -0.2) is 4.98 Å². The minimum Gasteiger partial charge on any atom is -0.229 e. The molecule has 2 aromatic rings. The lowest BCUT2D eigenvalue weighted by Gasteiger charge is -2.00. The van der Waals surface area contributed by atoms with Gasteiger partial charge in [0, 0.05) is 10.9 Å². The Morgan fingerprint density at radius 3 is 2.53 bits per heavy atom. The van der Waals surface area contributed by atoms with Gasteiger partial charge in [0.1, 0.15) is 0 Å². The Morgan fingerprint density at radius 1 is 1.27 bits per heavy atom. The summed E-state index contributed by atoms with van der Waals surface area (Å²) in [6.45, 7) is 2.20. The number of aromatic nitrogens is 1. The van der Waals surface area contributed by atoms with Crippen molar-refractivity contribution in [1.82, 2.24) is 4.98 Å². The Morgan fingerprint density at radius 2 is 2.00 bits per heavy atom. The Kier molecular flexibility index (Phi) is 3.54. The van der Waals surface area contributed by atoms with Crippen LogP contribution in [0.25, 0.3) is 11.3 Å². The van der Waals surface area contributed by atoms with Gasteiger partial charge in [0.05, 0.1) is 5.69 Å². The van der Waals surface area contributed by atoms with Gasteiger partial charge in [-0.3, -0.25) is 0 Å². The van der Waals surface area contributed by atoms with Crippen LogP contribution in [-0.2, 0) is 6.42 Å². The maximum absolute atomic E-state index is 4.39. The molecule has 0 saturated carbocycles. The van der Waals surface area contributed by atoms with Gasteiger partial charge in [-0.05, 0) is 27.9 Å². The molecule has 2 rings (SSSR count). The molecule has 0 aliphatic heterocycles. The van der Waals surface area contributed by atoms with Crippen LogP contribution in [0, 0.1) is 0 Å². The molecular formula is C12H12BrNS. The fourth-order valence-corrected chi connectivity index (χ4v) is 2.54. The molecule has 1 aromatic heterocycles. The van der Waals surface area contributed by atoms with Crippen molar-refractivity contribution in [1.29, 1.82) is 0 Å². The summed E-state index contributed by atoms with van der Waals surface area (Å²) in [5.41, 5.74) is 3.64. The van der Waals surface area contributed by atoms with Crippen molar-refractivity contribution in [2.75, 3.05) is 0 Å². The molecule has 0 bridgehead atoms. The van der Waals surface area contributed by atoms with E-state index in [2.05, 4.69) is 57.5 Å². The minimum atomic E-state index is 0.940. The maximum Gasteiger partial charge on any atom is 0.159 e. The number of thiazole rings is 1. The molecule has 1 nitrogen and oxygen atoms in total. The number of nitrogens with zero attached hydrogens (tertiary/aromatic N) is 1. The third-order valence-electron chi connectivity index (χ3n) is 2.26. The number of aryl methyl sites for hydroxylation is 1. The third-order valence-corrected chi connectivity index (χ3v) is 3.63. The van der Waals surface area contributed by atoms with Crippen molar-refractivity contribution in [3.8, 4) is 11.3 Å². The van der Waals surface area contributed by atoms with E-state index in [1.165, 1.54) is 17.5 Å². The van der Waals surface area contributed by atoms with Crippen LogP contribution >= 0.6 is 27.3 Å². The van der Waals surface area contributed by atoms with E-state index in [0.717, 1.165) is 16.0 Å². The second-order valence-corrected chi connectivity index (χ2v) is 5.57. The zero-order valence-corrected chi connectivity index (χ0v) is 10.9. The number of benzene rings is 1. The van der Waals surface area contributed by atoms with Gasteiger partial charge in [-0.1, -0.05) is 37.6 Å². The number of halogens is 1. The molecule has 0 aliphatic carbocycles. The number of hydrogen-bond acceptors (Lipinski definition) is 2. The van der Waals surface area contributed by atoms with E-state index in [1.54, 1.807) is 11.3 Å². The topological polar surface area (TPSA) is 12.9 Å². The summed E-state index contributed by atoms with van der Waals surface area (Å²) in [5, 5.41) is 2.07. The van der Waals surface area contributed by atoms with Crippen LogP contribution in [0.2, 0.25) is 0 Å². The molecule has 0 radical (unpaired) electrons. The van der Waals surface area contributed by atoms with E-state index in [1.807, 2.05) is 0 Å². The number of hydrogen-bond donors (Lipinski definition) is 0. The summed E-state index contributed by atoms with van der Waals surface area (Å²) in [6, 6.07) is 8.66. The van der Waals surface area contributed by atoms with Crippen LogP contribution in [0.4, 0.5) is 0 Å². The van der Waals surface area contributed by atoms with Gasteiger partial charge in [-0.2, -0.15) is 0 Å². The van der Waals surface area contributed by atoms with Crippen molar-refractivity contribution < 1.29 is 0 Å². The molecule has 0 fully saturated rings. The molecule has 0 aliphatic rings. The molecule has 1 heterocycles. The molecule has 78 valence electrons. The van der Waals surface area contributed by atoms with Crippen LogP contribution in [0.1, 0.15) is 18.9 Å². The van der Waals surface area contributed by atoms with Gasteiger partial charge in [-0.15, -0.1) is 11.3 Å². The van der Waals surface area contributed by atoms with Gasteiger partial charge < -0.3 is 0 Å². The summed E-state index contributed by atoms with van der Waals surface area (Å²) in [5.74, 6) is 0. The van der Waals surface area contributed by atoms with Crippen molar-refractivity contribution in [3.63, 3.8) is 0 Å². The van der Waals surface area contributed by atoms with Crippen LogP contribution in [0.5, 0.6) is 0 Å². The first kappa shape index (κ1) is 10.8. The van der Waals surface area contributed by atoms with Crippen LogP contribution in [0.15, 0.2) is 33.6 Å². The summed E-state index contributed by atoms with van der Waals surface area (Å²) in [7, 11) is 0.